The van der Waals surface area contributed by atoms with E-state index in [1.165, 1.54) is 0 Å². The van der Waals surface area contributed by atoms with Crippen LogP contribution in [-0.4, -0.2) is 0 Å². The first-order chi connectivity index (χ1) is 8.95. The zero-order chi connectivity index (χ0) is 13.9. The SMILES string of the molecule is CC(C)(C)CCC1(c2ccc(CN)cc2)OC=CO1. The molecule has 0 aromatic heterocycles. The van der Waals surface area contributed by atoms with Gasteiger partial charge in [0, 0.05) is 18.5 Å². The van der Waals surface area contributed by atoms with Crippen molar-refractivity contribution in [2.75, 3.05) is 0 Å². The molecule has 0 bridgehead atoms. The van der Waals surface area contributed by atoms with E-state index in [4.69, 9.17) is 15.2 Å². The standard InChI is InChI=1S/C16H23NO2/c1-15(2,3)8-9-16(18-10-11-19-16)14-6-4-13(12-17)5-7-14/h4-7,10-11H,8-9,12,17H2,1-3H3. The molecule has 1 heterocycles. The molecule has 1 aliphatic heterocycles. The van der Waals surface area contributed by atoms with Crippen LogP contribution in [0.15, 0.2) is 36.8 Å². The summed E-state index contributed by atoms with van der Waals surface area (Å²) in [7, 11) is 0. The molecule has 0 saturated carbocycles. The topological polar surface area (TPSA) is 44.5 Å². The minimum Gasteiger partial charge on any atom is -0.453 e. The van der Waals surface area contributed by atoms with E-state index in [1.807, 2.05) is 24.3 Å². The number of benzene rings is 1. The van der Waals surface area contributed by atoms with E-state index in [0.29, 0.717) is 6.54 Å². The maximum atomic E-state index is 5.76. The molecule has 2 rings (SSSR count). The lowest BCUT2D eigenvalue weighted by Gasteiger charge is -2.31. The van der Waals surface area contributed by atoms with Gasteiger partial charge < -0.3 is 15.2 Å². The first-order valence-corrected chi connectivity index (χ1v) is 6.75. The lowest BCUT2D eigenvalue weighted by molar-refractivity contribution is -0.159. The van der Waals surface area contributed by atoms with Gasteiger partial charge in [0.2, 0.25) is 0 Å². The summed E-state index contributed by atoms with van der Waals surface area (Å²) in [5, 5.41) is 0. The van der Waals surface area contributed by atoms with E-state index in [1.54, 1.807) is 12.5 Å². The van der Waals surface area contributed by atoms with Crippen LogP contribution in [0.1, 0.15) is 44.7 Å². The summed E-state index contributed by atoms with van der Waals surface area (Å²) in [6.07, 6.45) is 5.10. The van der Waals surface area contributed by atoms with Crippen molar-refractivity contribution in [1.82, 2.24) is 0 Å². The fourth-order valence-corrected chi connectivity index (χ4v) is 2.14. The second-order valence-corrected chi connectivity index (χ2v) is 6.22. The van der Waals surface area contributed by atoms with Gasteiger partial charge in [-0.25, -0.2) is 0 Å². The normalized spacial score (nSPS) is 17.1. The number of rotatable bonds is 4. The molecule has 0 unspecified atom stereocenters. The van der Waals surface area contributed by atoms with E-state index in [2.05, 4.69) is 20.8 Å². The fourth-order valence-electron chi connectivity index (χ4n) is 2.14. The minimum atomic E-state index is -0.666. The Balaban J connectivity index is 2.18. The van der Waals surface area contributed by atoms with Gasteiger partial charge in [0.05, 0.1) is 0 Å². The van der Waals surface area contributed by atoms with Gasteiger partial charge >= 0.3 is 0 Å². The molecular weight excluding hydrogens is 238 g/mol. The largest absolute Gasteiger partial charge is 0.453 e. The number of nitrogens with two attached hydrogens (primary N) is 1. The first-order valence-electron chi connectivity index (χ1n) is 6.75. The third-order valence-corrected chi connectivity index (χ3v) is 3.41. The van der Waals surface area contributed by atoms with E-state index in [9.17, 15) is 0 Å². The Labute approximate surface area is 115 Å². The van der Waals surface area contributed by atoms with Crippen LogP contribution >= 0.6 is 0 Å². The molecule has 3 nitrogen and oxygen atoms in total. The van der Waals surface area contributed by atoms with E-state index in [0.717, 1.165) is 24.0 Å². The molecule has 0 amide bonds. The summed E-state index contributed by atoms with van der Waals surface area (Å²) in [5.74, 6) is -0.666. The van der Waals surface area contributed by atoms with Crippen LogP contribution < -0.4 is 5.73 Å². The van der Waals surface area contributed by atoms with Crippen molar-refractivity contribution < 1.29 is 9.47 Å². The number of ether oxygens (including phenoxy) is 2. The van der Waals surface area contributed by atoms with Gasteiger partial charge in [-0.2, -0.15) is 0 Å². The Bertz CT molecular complexity index is 435. The molecule has 19 heavy (non-hydrogen) atoms. The zero-order valence-electron chi connectivity index (χ0n) is 12.0. The fraction of sp³-hybridized carbons (Fsp3) is 0.500. The molecule has 0 radical (unpaired) electrons. The second-order valence-electron chi connectivity index (χ2n) is 6.22. The summed E-state index contributed by atoms with van der Waals surface area (Å²) in [6.45, 7) is 7.22. The van der Waals surface area contributed by atoms with Crippen molar-refractivity contribution in [3.8, 4) is 0 Å². The van der Waals surface area contributed by atoms with E-state index >= 15 is 0 Å². The summed E-state index contributed by atoms with van der Waals surface area (Å²) < 4.78 is 11.5. The van der Waals surface area contributed by atoms with Crippen LogP contribution in [0.4, 0.5) is 0 Å². The summed E-state index contributed by atoms with van der Waals surface area (Å²) in [5.41, 5.74) is 8.03. The molecule has 2 N–H and O–H groups in total. The summed E-state index contributed by atoms with van der Waals surface area (Å²) >= 11 is 0. The molecule has 0 spiro atoms. The average Bonchev–Trinajstić information content (AvgIpc) is 2.86. The minimum absolute atomic E-state index is 0.250. The second kappa shape index (κ2) is 5.25. The molecule has 1 aromatic rings. The van der Waals surface area contributed by atoms with Crippen molar-refractivity contribution in [2.24, 2.45) is 11.1 Å². The quantitative estimate of drug-likeness (QED) is 0.900. The maximum Gasteiger partial charge on any atom is 0.276 e. The molecule has 0 saturated heterocycles. The lowest BCUT2D eigenvalue weighted by Crippen LogP contribution is -2.28. The van der Waals surface area contributed by atoms with Gasteiger partial charge in [-0.3, -0.25) is 0 Å². The van der Waals surface area contributed by atoms with Gasteiger partial charge in [0.15, 0.2) is 0 Å². The van der Waals surface area contributed by atoms with E-state index < -0.39 is 5.79 Å². The molecule has 0 aliphatic carbocycles. The lowest BCUT2D eigenvalue weighted by atomic mass is 9.86. The first kappa shape index (κ1) is 13.9. The Hall–Kier alpha value is -1.48. The molecular formula is C16H23NO2. The number of hydrogen-bond acceptors (Lipinski definition) is 3. The molecule has 1 aromatic carbocycles. The van der Waals surface area contributed by atoms with Crippen molar-refractivity contribution >= 4 is 0 Å². The Kier molecular flexibility index (Phi) is 3.85. The molecule has 104 valence electrons. The highest BCUT2D eigenvalue weighted by molar-refractivity contribution is 5.27. The maximum absolute atomic E-state index is 5.76. The third kappa shape index (κ3) is 3.29. The van der Waals surface area contributed by atoms with Gasteiger partial charge in [-0.1, -0.05) is 45.0 Å². The van der Waals surface area contributed by atoms with Crippen LogP contribution in [0, 0.1) is 5.41 Å². The van der Waals surface area contributed by atoms with Gasteiger partial charge in [0.1, 0.15) is 12.5 Å². The Morgan fingerprint density at radius 1 is 1.05 bits per heavy atom. The van der Waals surface area contributed by atoms with Crippen molar-refractivity contribution in [2.45, 2.75) is 45.9 Å². The van der Waals surface area contributed by atoms with Crippen molar-refractivity contribution in [3.63, 3.8) is 0 Å². The van der Waals surface area contributed by atoms with Gasteiger partial charge in [-0.15, -0.1) is 0 Å². The number of hydrogen-bond donors (Lipinski definition) is 1. The predicted octanol–water partition coefficient (Wildman–Crippen LogP) is 3.64. The smallest absolute Gasteiger partial charge is 0.276 e. The van der Waals surface area contributed by atoms with Crippen LogP contribution in [0.3, 0.4) is 0 Å². The predicted molar refractivity (Wildman–Crippen MR) is 76.0 cm³/mol. The van der Waals surface area contributed by atoms with Crippen LogP contribution in [0.25, 0.3) is 0 Å². The van der Waals surface area contributed by atoms with Crippen LogP contribution in [0.2, 0.25) is 0 Å². The van der Waals surface area contributed by atoms with Crippen molar-refractivity contribution in [1.29, 1.82) is 0 Å². The van der Waals surface area contributed by atoms with Crippen LogP contribution in [-0.2, 0) is 21.8 Å². The van der Waals surface area contributed by atoms with Gasteiger partial charge in [-0.05, 0) is 17.4 Å². The van der Waals surface area contributed by atoms with E-state index in [-0.39, 0.29) is 5.41 Å². The highest BCUT2D eigenvalue weighted by atomic mass is 16.7. The third-order valence-electron chi connectivity index (χ3n) is 3.41. The monoisotopic (exact) mass is 261 g/mol. The summed E-state index contributed by atoms with van der Waals surface area (Å²) in [6, 6.07) is 8.13. The average molecular weight is 261 g/mol. The highest BCUT2D eigenvalue weighted by Crippen LogP contribution is 2.39. The van der Waals surface area contributed by atoms with Crippen molar-refractivity contribution in [3.05, 3.63) is 47.9 Å². The Morgan fingerprint density at radius 2 is 1.63 bits per heavy atom. The van der Waals surface area contributed by atoms with Gasteiger partial charge in [0.25, 0.3) is 5.79 Å². The Morgan fingerprint density at radius 3 is 2.11 bits per heavy atom. The molecule has 0 fully saturated rings. The molecule has 1 aliphatic rings. The molecule has 3 heteroatoms. The molecule has 0 atom stereocenters. The zero-order valence-corrected chi connectivity index (χ0v) is 12.0. The highest BCUT2D eigenvalue weighted by Gasteiger charge is 2.38. The van der Waals surface area contributed by atoms with Crippen LogP contribution in [0.5, 0.6) is 0 Å². The summed E-state index contributed by atoms with van der Waals surface area (Å²) in [4.78, 5) is 0.